The van der Waals surface area contributed by atoms with Crippen LogP contribution in [-0.2, 0) is 14.4 Å². The molecule has 8 nitrogen and oxygen atoms in total. The fraction of sp³-hybridized carbons (Fsp3) is 0.762. The van der Waals surface area contributed by atoms with Gasteiger partial charge in [0, 0.05) is 31.1 Å². The molecule has 0 saturated carbocycles. The van der Waals surface area contributed by atoms with E-state index in [9.17, 15) is 24.6 Å². The summed E-state index contributed by atoms with van der Waals surface area (Å²) in [6.45, 7) is 8.99. The third-order valence-electron chi connectivity index (χ3n) is 5.44. The van der Waals surface area contributed by atoms with Crippen molar-refractivity contribution in [2.24, 2.45) is 11.8 Å². The van der Waals surface area contributed by atoms with Crippen LogP contribution in [-0.4, -0.2) is 71.9 Å². The first kappa shape index (κ1) is 30.9. The number of quaternary nitrogens is 1. The van der Waals surface area contributed by atoms with Crippen molar-refractivity contribution in [3.05, 3.63) is 12.7 Å². The first-order chi connectivity index (χ1) is 13.7. The average molecular weight is 421 g/mol. The second-order valence-electron chi connectivity index (χ2n) is 7.88. The second-order valence-corrected chi connectivity index (χ2v) is 7.88. The molecule has 0 fully saturated rings. The van der Waals surface area contributed by atoms with Crippen molar-refractivity contribution >= 4 is 17.8 Å². The molecule has 0 aromatic rings. The van der Waals surface area contributed by atoms with Crippen molar-refractivity contribution in [3.63, 3.8) is 0 Å². The summed E-state index contributed by atoms with van der Waals surface area (Å²) >= 11 is 0. The molecule has 0 aliphatic rings. The van der Waals surface area contributed by atoms with Gasteiger partial charge in [-0.25, -0.2) is 0 Å². The normalized spacial score (nSPS) is 14.6. The van der Waals surface area contributed by atoms with Crippen molar-refractivity contribution in [3.8, 4) is 0 Å². The zero-order valence-corrected chi connectivity index (χ0v) is 18.9. The predicted octanol–water partition coefficient (Wildman–Crippen LogP) is -2.45. The molecule has 0 aromatic carbocycles. The number of carbonyl (C=O) groups is 3. The van der Waals surface area contributed by atoms with Crippen LogP contribution in [0.25, 0.3) is 0 Å². The fourth-order valence-electron chi connectivity index (χ4n) is 3.15. The maximum absolute atomic E-state index is 12.0. The van der Waals surface area contributed by atoms with Crippen LogP contribution < -0.4 is 29.3 Å². The van der Waals surface area contributed by atoms with Gasteiger partial charge < -0.3 is 29.9 Å². The molecule has 0 rings (SSSR count). The number of carboxylic acids is 2. The van der Waals surface area contributed by atoms with Crippen LogP contribution in [0.2, 0.25) is 0 Å². The summed E-state index contributed by atoms with van der Waals surface area (Å²) in [5.74, 6) is -3.23. The van der Waals surface area contributed by atoms with Gasteiger partial charge in [0.1, 0.15) is 6.54 Å². The Balaban J connectivity index is 0. The molecule has 3 atom stereocenters. The van der Waals surface area contributed by atoms with Crippen molar-refractivity contribution in [1.29, 1.82) is 0 Å². The Morgan fingerprint density at radius 3 is 2.17 bits per heavy atom. The molecule has 1 amide bonds. The van der Waals surface area contributed by atoms with Gasteiger partial charge in [0.15, 0.2) is 0 Å². The van der Waals surface area contributed by atoms with E-state index in [1.54, 1.807) is 13.8 Å². The number of hydrogen-bond acceptors (Lipinski definition) is 5. The Bertz CT molecular complexity index is 506. The van der Waals surface area contributed by atoms with Crippen LogP contribution >= 0.6 is 0 Å². The maximum Gasteiger partial charge on any atom is 1.00 e. The van der Waals surface area contributed by atoms with Gasteiger partial charge in [-0.05, 0) is 19.3 Å². The summed E-state index contributed by atoms with van der Waals surface area (Å²) < 4.78 is 0.364. The molecule has 0 radical (unpaired) electrons. The van der Waals surface area contributed by atoms with Crippen LogP contribution in [0.1, 0.15) is 52.4 Å². The number of allylic oxidation sites excluding steroid dienone is 1. The number of nitrogens with one attached hydrogen (secondary N) is 1. The average Bonchev–Trinajstić information content (AvgIpc) is 2.67. The molecule has 3 unspecified atom stereocenters. The van der Waals surface area contributed by atoms with Crippen LogP contribution in [0.3, 0.4) is 0 Å². The number of hydrogen-bond donors (Lipinski definition) is 3. The number of carboxylic acid groups (broad SMARTS) is 2. The van der Waals surface area contributed by atoms with Gasteiger partial charge in [0.25, 0.3) is 0 Å². The van der Waals surface area contributed by atoms with Gasteiger partial charge in [0.2, 0.25) is 5.91 Å². The van der Waals surface area contributed by atoms with E-state index >= 15 is 0 Å². The first-order valence-electron chi connectivity index (χ1n) is 10.4. The first-order valence-corrected chi connectivity index (χ1v) is 10.4. The molecule has 0 aromatic heterocycles. The zero-order chi connectivity index (χ0) is 22.3. The van der Waals surface area contributed by atoms with Crippen LogP contribution in [0.5, 0.6) is 0 Å². The SMILES string of the molecule is C=CCCCCC(=O)NCC[N+](CCO)(CCC(C)C(=O)[O-])CCC(C)C(=O)O.[Li+]. The number of nitrogens with zero attached hydrogens (tertiary/aromatic N) is 1. The topological polar surface area (TPSA) is 127 Å². The Labute approximate surface area is 192 Å². The molecule has 0 saturated heterocycles. The van der Waals surface area contributed by atoms with Crippen LogP contribution in [0.4, 0.5) is 0 Å². The number of rotatable bonds is 18. The Morgan fingerprint density at radius 1 is 1.07 bits per heavy atom. The standard InChI is InChI=1S/C21H38N2O6.Li/c1-4-5-6-7-8-19(25)22-11-14-23(15-16-24,12-9-17(2)20(26)27)13-10-18(3)21(28)29;/h4,17-18,24H,1,5-16H2,2-3H3,(H2-,22,25,26,27,28,29);/q;+1. The molecule has 3 N–H and O–H groups in total. The van der Waals surface area contributed by atoms with E-state index in [-0.39, 0.29) is 31.4 Å². The van der Waals surface area contributed by atoms with Gasteiger partial charge >= 0.3 is 24.8 Å². The third-order valence-corrected chi connectivity index (χ3v) is 5.44. The van der Waals surface area contributed by atoms with Crippen molar-refractivity contribution in [2.45, 2.75) is 52.4 Å². The predicted molar refractivity (Wildman–Crippen MR) is 109 cm³/mol. The molecule has 0 aliphatic carbocycles. The number of aliphatic hydroxyl groups excluding tert-OH is 1. The van der Waals surface area contributed by atoms with Gasteiger partial charge in [-0.1, -0.05) is 19.9 Å². The molecule has 0 bridgehead atoms. The third kappa shape index (κ3) is 13.8. The Kier molecular flexibility index (Phi) is 17.9. The van der Waals surface area contributed by atoms with Crippen molar-refractivity contribution in [2.75, 3.05) is 39.3 Å². The molecule has 0 spiro atoms. The minimum atomic E-state index is -1.13. The summed E-state index contributed by atoms with van der Waals surface area (Å²) in [4.78, 5) is 34.2. The molecular formula is C21H38LiN2O6+. The van der Waals surface area contributed by atoms with Crippen molar-refractivity contribution in [1.82, 2.24) is 5.32 Å². The number of carbonyl (C=O) groups excluding carboxylic acids is 2. The van der Waals surface area contributed by atoms with Crippen LogP contribution in [0, 0.1) is 11.8 Å². The molecule has 168 valence electrons. The van der Waals surface area contributed by atoms with Gasteiger partial charge in [-0.3, -0.25) is 9.59 Å². The summed E-state index contributed by atoms with van der Waals surface area (Å²) in [6, 6.07) is 0. The van der Waals surface area contributed by atoms with E-state index < -0.39 is 23.8 Å². The number of aliphatic hydroxyl groups is 1. The summed E-state index contributed by atoms with van der Waals surface area (Å²) in [5, 5.41) is 32.7. The van der Waals surface area contributed by atoms with Crippen LogP contribution in [0.15, 0.2) is 12.7 Å². The number of amides is 1. The molecule has 0 heterocycles. The monoisotopic (exact) mass is 421 g/mol. The van der Waals surface area contributed by atoms with E-state index in [1.165, 1.54) is 0 Å². The Hall–Kier alpha value is -1.33. The Morgan fingerprint density at radius 2 is 1.67 bits per heavy atom. The number of aliphatic carboxylic acids is 2. The van der Waals surface area contributed by atoms with E-state index in [0.717, 1.165) is 19.3 Å². The van der Waals surface area contributed by atoms with E-state index in [1.807, 2.05) is 6.08 Å². The smallest absolute Gasteiger partial charge is 0.550 e. The van der Waals surface area contributed by atoms with E-state index in [0.29, 0.717) is 56.5 Å². The molecule has 0 aliphatic heterocycles. The fourth-order valence-corrected chi connectivity index (χ4v) is 3.15. The largest absolute Gasteiger partial charge is 1.00 e. The maximum atomic E-state index is 12.0. The van der Waals surface area contributed by atoms with Gasteiger partial charge in [-0.15, -0.1) is 6.58 Å². The summed E-state index contributed by atoms with van der Waals surface area (Å²) in [5.41, 5.74) is 0. The van der Waals surface area contributed by atoms with Gasteiger partial charge in [-0.2, -0.15) is 0 Å². The van der Waals surface area contributed by atoms with Crippen molar-refractivity contribution < 1.29 is 53.0 Å². The number of unbranched alkanes of at least 4 members (excludes halogenated alkanes) is 2. The summed E-state index contributed by atoms with van der Waals surface area (Å²) in [6.07, 6.45) is 5.60. The summed E-state index contributed by atoms with van der Waals surface area (Å²) in [7, 11) is 0. The quantitative estimate of drug-likeness (QED) is 0.0976. The molecular weight excluding hydrogens is 383 g/mol. The minimum Gasteiger partial charge on any atom is -0.550 e. The van der Waals surface area contributed by atoms with E-state index in [2.05, 4.69) is 11.9 Å². The van der Waals surface area contributed by atoms with E-state index in [4.69, 9.17) is 5.11 Å². The molecule has 9 heteroatoms. The minimum absolute atomic E-state index is 0. The van der Waals surface area contributed by atoms with Gasteiger partial charge in [0.05, 0.1) is 38.7 Å². The zero-order valence-electron chi connectivity index (χ0n) is 18.9. The second kappa shape index (κ2) is 17.4. The molecule has 30 heavy (non-hydrogen) atoms.